The van der Waals surface area contributed by atoms with Crippen molar-refractivity contribution in [3.8, 4) is 0 Å². The fourth-order valence-corrected chi connectivity index (χ4v) is 4.48. The van der Waals surface area contributed by atoms with Crippen molar-refractivity contribution in [2.75, 3.05) is 11.2 Å². The zero-order valence-electron chi connectivity index (χ0n) is 18.0. The van der Waals surface area contributed by atoms with Crippen LogP contribution in [0.5, 0.6) is 0 Å². The van der Waals surface area contributed by atoms with Gasteiger partial charge in [-0.2, -0.15) is 0 Å². The molecule has 0 aromatic heterocycles. The second-order valence-corrected chi connectivity index (χ2v) is 8.99. The number of nitrogens with zero attached hydrogens (tertiary/aromatic N) is 1. The Hall–Kier alpha value is -3.05. The number of hydrogen-bond donors (Lipinski definition) is 1. The zero-order valence-corrected chi connectivity index (χ0v) is 18.8. The molecule has 4 nitrogen and oxygen atoms in total. The Bertz CT molecular complexity index is 1110. The molecule has 0 radical (unpaired) electrons. The third-order valence-corrected chi connectivity index (χ3v) is 6.62. The average Bonchev–Trinajstić information content (AvgIpc) is 2.79. The van der Waals surface area contributed by atoms with E-state index >= 15 is 0 Å². The van der Waals surface area contributed by atoms with Crippen molar-refractivity contribution in [3.63, 3.8) is 0 Å². The van der Waals surface area contributed by atoms with Crippen molar-refractivity contribution in [3.05, 3.63) is 95.1 Å². The summed E-state index contributed by atoms with van der Waals surface area (Å²) in [6.45, 7) is 4.31. The van der Waals surface area contributed by atoms with Gasteiger partial charge in [0.1, 0.15) is 5.54 Å². The van der Waals surface area contributed by atoms with Crippen LogP contribution in [-0.4, -0.2) is 23.6 Å². The fourth-order valence-electron chi connectivity index (χ4n) is 4.07. The monoisotopic (exact) mass is 430 g/mol. The summed E-state index contributed by atoms with van der Waals surface area (Å²) >= 11 is 1.64. The lowest BCUT2D eigenvalue weighted by molar-refractivity contribution is -0.126. The second-order valence-electron chi connectivity index (χ2n) is 8.11. The summed E-state index contributed by atoms with van der Waals surface area (Å²) < 4.78 is 0. The lowest BCUT2D eigenvalue weighted by Crippen LogP contribution is -2.63. The van der Waals surface area contributed by atoms with Crippen molar-refractivity contribution in [1.82, 2.24) is 5.32 Å². The molecule has 2 amide bonds. The van der Waals surface area contributed by atoms with Gasteiger partial charge in [-0.05, 0) is 61.6 Å². The van der Waals surface area contributed by atoms with Crippen LogP contribution in [0.1, 0.15) is 34.0 Å². The van der Waals surface area contributed by atoms with E-state index in [1.54, 1.807) is 16.7 Å². The molecular weight excluding hydrogens is 404 g/mol. The quantitative estimate of drug-likeness (QED) is 0.580. The topological polar surface area (TPSA) is 49.4 Å². The number of carbonyl (C=O) groups excluding carboxylic acids is 2. The highest BCUT2D eigenvalue weighted by Crippen LogP contribution is 2.36. The van der Waals surface area contributed by atoms with Crippen LogP contribution in [0.25, 0.3) is 0 Å². The summed E-state index contributed by atoms with van der Waals surface area (Å²) in [6.07, 6.45) is 2.47. The van der Waals surface area contributed by atoms with Crippen LogP contribution >= 0.6 is 11.8 Å². The second kappa shape index (κ2) is 8.60. The Kier molecular flexibility index (Phi) is 5.88. The molecular formula is C26H26N2O2S. The fraction of sp³-hybridized carbons (Fsp3) is 0.231. The average molecular weight is 431 g/mol. The third-order valence-electron chi connectivity index (χ3n) is 5.87. The van der Waals surface area contributed by atoms with Gasteiger partial charge in [-0.15, -0.1) is 11.8 Å². The Balaban J connectivity index is 1.69. The molecule has 0 unspecified atom stereocenters. The van der Waals surface area contributed by atoms with Crippen LogP contribution in [0, 0.1) is 6.92 Å². The summed E-state index contributed by atoms with van der Waals surface area (Å²) in [5, 5.41) is 3.07. The first-order valence-corrected chi connectivity index (χ1v) is 11.6. The molecule has 0 aliphatic carbocycles. The lowest BCUT2D eigenvalue weighted by Gasteiger charge is -2.44. The number of anilines is 1. The molecule has 3 aromatic carbocycles. The number of benzene rings is 3. The molecule has 1 atom stereocenters. The van der Waals surface area contributed by atoms with E-state index in [0.29, 0.717) is 18.5 Å². The van der Waals surface area contributed by atoms with Gasteiger partial charge in [-0.3, -0.25) is 14.5 Å². The van der Waals surface area contributed by atoms with E-state index in [-0.39, 0.29) is 11.8 Å². The van der Waals surface area contributed by atoms with Crippen LogP contribution in [0.2, 0.25) is 0 Å². The van der Waals surface area contributed by atoms with E-state index < -0.39 is 5.54 Å². The Morgan fingerprint density at radius 3 is 2.39 bits per heavy atom. The van der Waals surface area contributed by atoms with Crippen LogP contribution in [0.15, 0.2) is 77.7 Å². The molecule has 0 spiro atoms. The summed E-state index contributed by atoms with van der Waals surface area (Å²) in [7, 11) is 0. The van der Waals surface area contributed by atoms with E-state index in [1.807, 2.05) is 92.9 Å². The molecule has 0 bridgehead atoms. The highest BCUT2D eigenvalue weighted by atomic mass is 32.2. The number of hydrogen-bond acceptors (Lipinski definition) is 3. The van der Waals surface area contributed by atoms with Crippen molar-refractivity contribution in [2.24, 2.45) is 0 Å². The molecule has 158 valence electrons. The molecule has 0 saturated heterocycles. The molecule has 1 N–H and O–H groups in total. The van der Waals surface area contributed by atoms with Gasteiger partial charge in [-0.25, -0.2) is 0 Å². The maximum atomic E-state index is 13.5. The first kappa shape index (κ1) is 21.2. The van der Waals surface area contributed by atoms with Crippen LogP contribution in [0.4, 0.5) is 5.69 Å². The molecule has 0 saturated carbocycles. The standard InChI is InChI=1S/C26H26N2O2S/c1-18-8-10-19(11-9-18)17-27-25(30)26(2)16-20-6-4-5-7-23(20)24(29)28(26)21-12-14-22(31-3)15-13-21/h4-15H,16-17H2,1-3H3,(H,27,30)/t26-/m0/s1. The van der Waals surface area contributed by atoms with Crippen LogP contribution in [0.3, 0.4) is 0 Å². The van der Waals surface area contributed by atoms with Gasteiger partial charge in [0.2, 0.25) is 5.91 Å². The normalized spacial score (nSPS) is 17.9. The van der Waals surface area contributed by atoms with Gasteiger partial charge in [0, 0.05) is 29.1 Å². The van der Waals surface area contributed by atoms with E-state index in [4.69, 9.17) is 0 Å². The Morgan fingerprint density at radius 2 is 1.71 bits per heavy atom. The van der Waals surface area contributed by atoms with Crippen molar-refractivity contribution in [2.45, 2.75) is 37.2 Å². The van der Waals surface area contributed by atoms with Gasteiger partial charge >= 0.3 is 0 Å². The highest BCUT2D eigenvalue weighted by Gasteiger charge is 2.47. The van der Waals surface area contributed by atoms with E-state index in [2.05, 4.69) is 5.32 Å². The maximum absolute atomic E-state index is 13.5. The van der Waals surface area contributed by atoms with Gasteiger partial charge in [0.15, 0.2) is 0 Å². The summed E-state index contributed by atoms with van der Waals surface area (Å²) in [5.74, 6) is -0.309. The number of rotatable bonds is 5. The summed E-state index contributed by atoms with van der Waals surface area (Å²) in [4.78, 5) is 29.8. The van der Waals surface area contributed by atoms with Gasteiger partial charge in [0.05, 0.1) is 0 Å². The lowest BCUT2D eigenvalue weighted by atomic mass is 9.82. The summed E-state index contributed by atoms with van der Waals surface area (Å²) in [5.41, 5.74) is 3.46. The third kappa shape index (κ3) is 4.10. The maximum Gasteiger partial charge on any atom is 0.259 e. The predicted molar refractivity (Wildman–Crippen MR) is 127 cm³/mol. The number of thioether (sulfide) groups is 1. The van der Waals surface area contributed by atoms with Gasteiger partial charge in [0.25, 0.3) is 5.91 Å². The summed E-state index contributed by atoms with van der Waals surface area (Å²) in [6, 6.07) is 23.5. The van der Waals surface area contributed by atoms with E-state index in [0.717, 1.165) is 21.7 Å². The first-order chi connectivity index (χ1) is 14.9. The number of amides is 2. The zero-order chi connectivity index (χ0) is 22.0. The minimum absolute atomic E-state index is 0.147. The molecule has 1 aliphatic heterocycles. The van der Waals surface area contributed by atoms with E-state index in [9.17, 15) is 9.59 Å². The molecule has 1 aliphatic rings. The van der Waals surface area contributed by atoms with E-state index in [1.165, 1.54) is 5.56 Å². The minimum atomic E-state index is -1.03. The first-order valence-electron chi connectivity index (χ1n) is 10.3. The van der Waals surface area contributed by atoms with Crippen LogP contribution < -0.4 is 10.2 Å². The van der Waals surface area contributed by atoms with Gasteiger partial charge in [-0.1, -0.05) is 48.0 Å². The minimum Gasteiger partial charge on any atom is -0.350 e. The van der Waals surface area contributed by atoms with Crippen molar-refractivity contribution in [1.29, 1.82) is 0 Å². The smallest absolute Gasteiger partial charge is 0.259 e. The molecule has 3 aromatic rings. The predicted octanol–water partition coefficient (Wildman–Crippen LogP) is 4.99. The number of nitrogens with one attached hydrogen (secondary N) is 1. The van der Waals surface area contributed by atoms with Crippen LogP contribution in [-0.2, 0) is 17.8 Å². The number of fused-ring (bicyclic) bond motifs is 1. The Morgan fingerprint density at radius 1 is 1.03 bits per heavy atom. The molecule has 4 rings (SSSR count). The molecule has 5 heteroatoms. The van der Waals surface area contributed by atoms with Crippen molar-refractivity contribution < 1.29 is 9.59 Å². The highest BCUT2D eigenvalue weighted by molar-refractivity contribution is 7.98. The largest absolute Gasteiger partial charge is 0.350 e. The SMILES string of the molecule is CSc1ccc(N2C(=O)c3ccccc3C[C@@]2(C)C(=O)NCc2ccc(C)cc2)cc1. The number of carbonyl (C=O) groups is 2. The Labute approximate surface area is 187 Å². The van der Waals surface area contributed by atoms with Crippen molar-refractivity contribution >= 4 is 29.3 Å². The molecule has 0 fully saturated rings. The molecule has 31 heavy (non-hydrogen) atoms. The molecule has 1 heterocycles. The number of aryl methyl sites for hydroxylation is 1. The van der Waals surface area contributed by atoms with Gasteiger partial charge < -0.3 is 5.32 Å².